The highest BCUT2D eigenvalue weighted by Crippen LogP contribution is 2.43. The van der Waals surface area contributed by atoms with Crippen LogP contribution >= 0.6 is 0 Å². The highest BCUT2D eigenvalue weighted by atomic mass is 14.8. The van der Waals surface area contributed by atoms with Gasteiger partial charge in [0.05, 0.1) is 11.5 Å². The van der Waals surface area contributed by atoms with E-state index in [1.165, 1.54) is 49.1 Å². The number of hydrogen-bond donors (Lipinski definition) is 1. The van der Waals surface area contributed by atoms with E-state index in [9.17, 15) is 5.26 Å². The van der Waals surface area contributed by atoms with Gasteiger partial charge < -0.3 is 4.98 Å². The average molecular weight is 200 g/mol. The molecule has 0 aliphatic heterocycles. The van der Waals surface area contributed by atoms with Crippen LogP contribution in [-0.2, 0) is 18.3 Å². The molecule has 15 heavy (non-hydrogen) atoms. The van der Waals surface area contributed by atoms with Gasteiger partial charge in [0, 0.05) is 11.4 Å². The van der Waals surface area contributed by atoms with Crippen molar-refractivity contribution >= 4 is 0 Å². The highest BCUT2D eigenvalue weighted by Gasteiger charge is 2.40. The van der Waals surface area contributed by atoms with Crippen LogP contribution in [0.5, 0.6) is 0 Å². The molecule has 0 unspecified atom stereocenters. The Morgan fingerprint density at radius 1 is 1.20 bits per heavy atom. The van der Waals surface area contributed by atoms with Crippen molar-refractivity contribution in [2.24, 2.45) is 0 Å². The number of aromatic nitrogens is 1. The fourth-order valence-corrected chi connectivity index (χ4v) is 2.83. The Balaban J connectivity index is 1.99. The lowest BCUT2D eigenvalue weighted by Crippen LogP contribution is -2.32. The molecule has 78 valence electrons. The van der Waals surface area contributed by atoms with Gasteiger partial charge in [-0.2, -0.15) is 5.26 Å². The summed E-state index contributed by atoms with van der Waals surface area (Å²) < 4.78 is 0. The summed E-state index contributed by atoms with van der Waals surface area (Å²) in [4.78, 5) is 3.50. The zero-order chi connectivity index (χ0) is 10.3. The molecule has 1 N–H and O–H groups in total. The summed E-state index contributed by atoms with van der Waals surface area (Å²) >= 11 is 0. The first-order chi connectivity index (χ1) is 7.34. The van der Waals surface area contributed by atoms with Gasteiger partial charge in [0.25, 0.3) is 0 Å². The van der Waals surface area contributed by atoms with Crippen molar-refractivity contribution in [1.82, 2.24) is 4.98 Å². The minimum absolute atomic E-state index is 0.155. The maximum absolute atomic E-state index is 9.28. The van der Waals surface area contributed by atoms with Crippen LogP contribution in [0.2, 0.25) is 0 Å². The third-order valence-electron chi connectivity index (χ3n) is 4.05. The molecular formula is C13H16N2. The van der Waals surface area contributed by atoms with E-state index in [0.29, 0.717) is 0 Å². The van der Waals surface area contributed by atoms with Gasteiger partial charge in [0.1, 0.15) is 0 Å². The monoisotopic (exact) mass is 200 g/mol. The van der Waals surface area contributed by atoms with Crippen molar-refractivity contribution < 1.29 is 0 Å². The maximum atomic E-state index is 9.28. The van der Waals surface area contributed by atoms with Crippen LogP contribution in [0, 0.1) is 11.3 Å². The summed E-state index contributed by atoms with van der Waals surface area (Å²) in [5.74, 6) is 0. The molecule has 1 fully saturated rings. The van der Waals surface area contributed by atoms with E-state index in [4.69, 9.17) is 0 Å². The van der Waals surface area contributed by atoms with Gasteiger partial charge in [-0.1, -0.05) is 0 Å². The predicted octanol–water partition coefficient (Wildman–Crippen LogP) is 2.84. The molecule has 2 aliphatic carbocycles. The van der Waals surface area contributed by atoms with Gasteiger partial charge in [-0.3, -0.25) is 0 Å². The van der Waals surface area contributed by atoms with Crippen molar-refractivity contribution in [2.45, 2.75) is 50.4 Å². The van der Waals surface area contributed by atoms with Crippen LogP contribution in [0.4, 0.5) is 0 Å². The van der Waals surface area contributed by atoms with Crippen LogP contribution in [0.3, 0.4) is 0 Å². The molecule has 0 bridgehead atoms. The summed E-state index contributed by atoms with van der Waals surface area (Å²) in [6.45, 7) is 0. The standard InChI is InChI=1S/C13H16N2/c14-9-13(6-3-7-13)12-8-10-4-1-2-5-11(10)15-12/h8,15H,1-7H2. The highest BCUT2D eigenvalue weighted by molar-refractivity contribution is 5.37. The predicted molar refractivity (Wildman–Crippen MR) is 58.6 cm³/mol. The van der Waals surface area contributed by atoms with Crippen LogP contribution in [0.1, 0.15) is 49.1 Å². The van der Waals surface area contributed by atoms with Crippen LogP contribution in [0.15, 0.2) is 6.07 Å². The van der Waals surface area contributed by atoms with Crippen molar-refractivity contribution in [3.8, 4) is 6.07 Å². The summed E-state index contributed by atoms with van der Waals surface area (Å²) in [6.07, 6.45) is 8.28. The van der Waals surface area contributed by atoms with Crippen LogP contribution < -0.4 is 0 Å². The molecule has 0 aromatic carbocycles. The Kier molecular flexibility index (Phi) is 1.88. The Bertz CT molecular complexity index is 395. The summed E-state index contributed by atoms with van der Waals surface area (Å²) in [5.41, 5.74) is 3.91. The SMILES string of the molecule is N#CC1(c2cc3c([nH]2)CCCC3)CCC1. The number of H-pyrrole nitrogens is 1. The topological polar surface area (TPSA) is 39.6 Å². The molecule has 2 aliphatic rings. The average Bonchev–Trinajstić information content (AvgIpc) is 2.60. The largest absolute Gasteiger partial charge is 0.361 e. The minimum Gasteiger partial charge on any atom is -0.361 e. The van der Waals surface area contributed by atoms with Gasteiger partial charge in [-0.05, 0) is 56.6 Å². The number of nitrogens with zero attached hydrogens (tertiary/aromatic N) is 1. The van der Waals surface area contributed by atoms with Gasteiger partial charge in [-0.15, -0.1) is 0 Å². The van der Waals surface area contributed by atoms with E-state index in [1.807, 2.05) is 0 Å². The zero-order valence-electron chi connectivity index (χ0n) is 8.97. The number of aromatic amines is 1. The first kappa shape index (κ1) is 9.03. The third-order valence-corrected chi connectivity index (χ3v) is 4.05. The second-order valence-electron chi connectivity index (χ2n) is 4.94. The van der Waals surface area contributed by atoms with E-state index in [-0.39, 0.29) is 5.41 Å². The van der Waals surface area contributed by atoms with Crippen molar-refractivity contribution in [3.63, 3.8) is 0 Å². The van der Waals surface area contributed by atoms with Crippen LogP contribution in [0.25, 0.3) is 0 Å². The molecule has 0 spiro atoms. The Labute approximate surface area is 90.3 Å². The molecule has 0 atom stereocenters. The zero-order valence-corrected chi connectivity index (χ0v) is 8.97. The summed E-state index contributed by atoms with van der Waals surface area (Å²) in [6, 6.07) is 4.77. The normalized spacial score (nSPS) is 22.6. The molecule has 0 amide bonds. The molecule has 1 aromatic rings. The number of nitrogens with one attached hydrogen (secondary N) is 1. The number of hydrogen-bond acceptors (Lipinski definition) is 1. The fourth-order valence-electron chi connectivity index (χ4n) is 2.83. The third kappa shape index (κ3) is 1.23. The molecule has 1 heterocycles. The van der Waals surface area contributed by atoms with Crippen LogP contribution in [-0.4, -0.2) is 4.98 Å². The number of rotatable bonds is 1. The summed E-state index contributed by atoms with van der Waals surface area (Å²) in [7, 11) is 0. The smallest absolute Gasteiger partial charge is 0.0971 e. The van der Waals surface area contributed by atoms with Crippen molar-refractivity contribution in [2.75, 3.05) is 0 Å². The number of aryl methyl sites for hydroxylation is 2. The van der Waals surface area contributed by atoms with E-state index in [1.54, 1.807) is 0 Å². The van der Waals surface area contributed by atoms with Gasteiger partial charge in [0.15, 0.2) is 0 Å². The minimum atomic E-state index is -0.155. The molecule has 2 nitrogen and oxygen atoms in total. The second-order valence-corrected chi connectivity index (χ2v) is 4.94. The number of nitriles is 1. The quantitative estimate of drug-likeness (QED) is 0.744. The first-order valence-electron chi connectivity index (χ1n) is 5.97. The lowest BCUT2D eigenvalue weighted by Gasteiger charge is -2.34. The van der Waals surface area contributed by atoms with Gasteiger partial charge in [-0.25, -0.2) is 0 Å². The molecule has 1 saturated carbocycles. The lowest BCUT2D eigenvalue weighted by molar-refractivity contribution is 0.317. The van der Waals surface area contributed by atoms with Crippen molar-refractivity contribution in [1.29, 1.82) is 5.26 Å². The molecule has 3 rings (SSSR count). The fraction of sp³-hybridized carbons (Fsp3) is 0.615. The lowest BCUT2D eigenvalue weighted by atomic mass is 9.68. The molecular weight excluding hydrogens is 184 g/mol. The maximum Gasteiger partial charge on any atom is 0.0971 e. The van der Waals surface area contributed by atoms with Gasteiger partial charge >= 0.3 is 0 Å². The summed E-state index contributed by atoms with van der Waals surface area (Å²) in [5, 5.41) is 9.28. The number of fused-ring (bicyclic) bond motifs is 1. The van der Waals surface area contributed by atoms with Gasteiger partial charge in [0.2, 0.25) is 0 Å². The molecule has 0 radical (unpaired) electrons. The Morgan fingerprint density at radius 3 is 2.60 bits per heavy atom. The van der Waals surface area contributed by atoms with Crippen molar-refractivity contribution in [3.05, 3.63) is 23.0 Å². The molecule has 1 aromatic heterocycles. The van der Waals surface area contributed by atoms with E-state index >= 15 is 0 Å². The Hall–Kier alpha value is -1.23. The van der Waals surface area contributed by atoms with E-state index in [0.717, 1.165) is 12.8 Å². The van der Waals surface area contributed by atoms with E-state index < -0.39 is 0 Å². The Morgan fingerprint density at radius 2 is 2.00 bits per heavy atom. The first-order valence-corrected chi connectivity index (χ1v) is 5.97. The van der Waals surface area contributed by atoms with E-state index in [2.05, 4.69) is 17.1 Å². The molecule has 0 saturated heterocycles. The second kappa shape index (κ2) is 3.13. The molecule has 2 heteroatoms.